The molecule has 5 heteroatoms. The Balaban J connectivity index is 0.00000192. The second-order valence-corrected chi connectivity index (χ2v) is 7.57. The standard InChI is InChI=1S/C17H17NO3S.CH4/c1-2-13-11-7-9-12(10-8-11)22(20,21)16(13)14-5-3-4-6-15(14)17(18)19;/h3-10,13,16H,2H2,1H3,(H2,18,19);1H4. The van der Waals surface area contributed by atoms with E-state index in [1.165, 1.54) is 0 Å². The fourth-order valence-electron chi connectivity index (χ4n) is 3.25. The molecule has 0 aromatic heterocycles. The number of amides is 1. The molecule has 4 nitrogen and oxygen atoms in total. The van der Waals surface area contributed by atoms with Crippen LogP contribution in [0.15, 0.2) is 53.4 Å². The first-order valence-corrected chi connectivity index (χ1v) is 8.74. The van der Waals surface area contributed by atoms with Crippen molar-refractivity contribution in [2.75, 3.05) is 0 Å². The molecule has 2 N–H and O–H groups in total. The van der Waals surface area contributed by atoms with Gasteiger partial charge >= 0.3 is 0 Å². The molecule has 0 fully saturated rings. The van der Waals surface area contributed by atoms with Crippen molar-refractivity contribution in [3.8, 4) is 0 Å². The third-order valence-corrected chi connectivity index (χ3v) is 6.49. The van der Waals surface area contributed by atoms with Crippen molar-refractivity contribution in [1.82, 2.24) is 0 Å². The second kappa shape index (κ2) is 6.16. The Bertz CT molecular complexity index is 826. The van der Waals surface area contributed by atoms with Crippen molar-refractivity contribution in [2.24, 2.45) is 5.73 Å². The van der Waals surface area contributed by atoms with Crippen LogP contribution in [-0.4, -0.2) is 14.3 Å². The van der Waals surface area contributed by atoms with Crippen LogP contribution in [0.4, 0.5) is 0 Å². The van der Waals surface area contributed by atoms with Crippen LogP contribution in [-0.2, 0) is 9.84 Å². The summed E-state index contributed by atoms with van der Waals surface area (Å²) < 4.78 is 26.1. The van der Waals surface area contributed by atoms with Gasteiger partial charge in [0.25, 0.3) is 0 Å². The number of hydrogen-bond acceptors (Lipinski definition) is 3. The molecule has 2 aliphatic rings. The summed E-state index contributed by atoms with van der Waals surface area (Å²) in [6.07, 6.45) is 0.661. The number of primary amides is 1. The summed E-state index contributed by atoms with van der Waals surface area (Å²) in [6.45, 7) is 1.96. The molecule has 0 saturated heterocycles. The molecule has 2 bridgehead atoms. The Morgan fingerprint density at radius 2 is 1.70 bits per heavy atom. The number of rotatable bonds is 3. The van der Waals surface area contributed by atoms with Crippen LogP contribution in [0, 0.1) is 0 Å². The van der Waals surface area contributed by atoms with Crippen molar-refractivity contribution in [1.29, 1.82) is 0 Å². The molecule has 0 saturated carbocycles. The SMILES string of the molecule is C.CCC1c2ccc(cc2)S(=O)(=O)C1c1ccccc1C(N)=O. The lowest BCUT2D eigenvalue weighted by Crippen LogP contribution is -2.23. The smallest absolute Gasteiger partial charge is 0.249 e. The van der Waals surface area contributed by atoms with Gasteiger partial charge in [-0.15, -0.1) is 0 Å². The first kappa shape index (κ1) is 17.2. The van der Waals surface area contributed by atoms with E-state index in [2.05, 4.69) is 0 Å². The van der Waals surface area contributed by atoms with Gasteiger partial charge in [0.15, 0.2) is 9.84 Å². The largest absolute Gasteiger partial charge is 0.366 e. The fourth-order valence-corrected chi connectivity index (χ4v) is 5.38. The molecule has 2 atom stereocenters. The molecule has 0 aliphatic carbocycles. The number of fused-ring (bicyclic) bond motifs is 4. The molecule has 0 spiro atoms. The average Bonchev–Trinajstić information content (AvgIpc) is 2.68. The van der Waals surface area contributed by atoms with Gasteiger partial charge in [0.2, 0.25) is 5.91 Å². The Kier molecular flexibility index (Phi) is 4.61. The van der Waals surface area contributed by atoms with Crippen LogP contribution in [0.2, 0.25) is 0 Å². The molecule has 1 amide bonds. The maximum Gasteiger partial charge on any atom is 0.249 e. The average molecular weight is 331 g/mol. The van der Waals surface area contributed by atoms with E-state index in [-0.39, 0.29) is 23.8 Å². The Morgan fingerprint density at radius 3 is 2.26 bits per heavy atom. The maximum absolute atomic E-state index is 13.0. The molecule has 2 heterocycles. The second-order valence-electron chi connectivity index (χ2n) is 5.50. The van der Waals surface area contributed by atoms with Crippen LogP contribution >= 0.6 is 0 Å². The fraction of sp³-hybridized carbons (Fsp3) is 0.278. The highest BCUT2D eigenvalue weighted by Gasteiger charge is 2.40. The molecular weight excluding hydrogens is 310 g/mol. The lowest BCUT2D eigenvalue weighted by Gasteiger charge is -2.25. The zero-order valence-corrected chi connectivity index (χ0v) is 13.0. The number of nitrogens with two attached hydrogens (primary N) is 1. The van der Waals surface area contributed by atoms with Crippen LogP contribution < -0.4 is 5.73 Å². The lowest BCUT2D eigenvalue weighted by atomic mass is 9.87. The highest BCUT2D eigenvalue weighted by atomic mass is 32.2. The van der Waals surface area contributed by atoms with Crippen LogP contribution in [0.1, 0.15) is 53.4 Å². The molecule has 4 rings (SSSR count). The molecule has 2 unspecified atom stereocenters. The first-order valence-electron chi connectivity index (χ1n) is 7.19. The number of carbonyl (C=O) groups is 1. The van der Waals surface area contributed by atoms with Crippen LogP contribution in [0.5, 0.6) is 0 Å². The molecule has 122 valence electrons. The molecule has 23 heavy (non-hydrogen) atoms. The zero-order valence-electron chi connectivity index (χ0n) is 12.2. The minimum absolute atomic E-state index is 0. The van der Waals surface area contributed by atoms with Gasteiger partial charge in [0, 0.05) is 11.5 Å². The molecule has 0 radical (unpaired) electrons. The van der Waals surface area contributed by atoms with E-state index < -0.39 is 21.0 Å². The summed E-state index contributed by atoms with van der Waals surface area (Å²) in [5.74, 6) is -0.800. The summed E-state index contributed by atoms with van der Waals surface area (Å²) in [5, 5.41) is -0.781. The highest BCUT2D eigenvalue weighted by molar-refractivity contribution is 7.91. The minimum atomic E-state index is -3.57. The summed E-state index contributed by atoms with van der Waals surface area (Å²) in [6, 6.07) is 13.7. The summed E-state index contributed by atoms with van der Waals surface area (Å²) in [4.78, 5) is 12.0. The van der Waals surface area contributed by atoms with Crippen molar-refractivity contribution in [3.63, 3.8) is 0 Å². The number of sulfone groups is 1. The molecule has 2 aliphatic heterocycles. The lowest BCUT2D eigenvalue weighted by molar-refractivity contribution is 0.0999. The van der Waals surface area contributed by atoms with Gasteiger partial charge in [0.1, 0.15) is 0 Å². The summed E-state index contributed by atoms with van der Waals surface area (Å²) >= 11 is 0. The predicted octanol–water partition coefficient (Wildman–Crippen LogP) is 3.44. The van der Waals surface area contributed by atoms with Crippen molar-refractivity contribution >= 4 is 15.7 Å². The van der Waals surface area contributed by atoms with E-state index in [4.69, 9.17) is 5.73 Å². The van der Waals surface area contributed by atoms with Gasteiger partial charge in [-0.25, -0.2) is 8.42 Å². The number of carbonyl (C=O) groups excluding carboxylic acids is 1. The van der Waals surface area contributed by atoms with Gasteiger partial charge in [-0.1, -0.05) is 44.7 Å². The quantitative estimate of drug-likeness (QED) is 0.936. The van der Waals surface area contributed by atoms with Crippen molar-refractivity contribution in [3.05, 3.63) is 65.2 Å². The van der Waals surface area contributed by atoms with Crippen LogP contribution in [0.25, 0.3) is 0 Å². The van der Waals surface area contributed by atoms with Gasteiger partial charge in [0.05, 0.1) is 10.1 Å². The maximum atomic E-state index is 13.0. The number of hydrogen-bond donors (Lipinski definition) is 1. The van der Waals surface area contributed by atoms with Gasteiger partial charge in [-0.05, 0) is 35.7 Å². The third kappa shape index (κ3) is 2.65. The minimum Gasteiger partial charge on any atom is -0.366 e. The molecule has 2 aromatic carbocycles. The van der Waals surface area contributed by atoms with Gasteiger partial charge in [-0.2, -0.15) is 0 Å². The van der Waals surface area contributed by atoms with Gasteiger partial charge < -0.3 is 5.73 Å². The highest BCUT2D eigenvalue weighted by Crippen LogP contribution is 2.46. The van der Waals surface area contributed by atoms with Crippen LogP contribution in [0.3, 0.4) is 0 Å². The number of benzene rings is 2. The monoisotopic (exact) mass is 331 g/mol. The van der Waals surface area contributed by atoms with E-state index in [1.807, 2.05) is 19.1 Å². The topological polar surface area (TPSA) is 77.2 Å². The van der Waals surface area contributed by atoms with E-state index in [1.54, 1.807) is 36.4 Å². The molecule has 2 aromatic rings. The summed E-state index contributed by atoms with van der Waals surface area (Å²) in [5.41, 5.74) is 7.18. The Hall–Kier alpha value is -2.14. The Morgan fingerprint density at radius 1 is 1.09 bits per heavy atom. The van der Waals surface area contributed by atoms with E-state index in [0.717, 1.165) is 5.56 Å². The van der Waals surface area contributed by atoms with Crippen molar-refractivity contribution < 1.29 is 13.2 Å². The normalized spacial score (nSPS) is 21.3. The van der Waals surface area contributed by atoms with E-state index in [9.17, 15) is 13.2 Å². The summed E-state index contributed by atoms with van der Waals surface area (Å²) in [7, 11) is -3.57. The van der Waals surface area contributed by atoms with E-state index >= 15 is 0 Å². The third-order valence-electron chi connectivity index (χ3n) is 4.31. The first-order chi connectivity index (χ1) is 10.5. The molecular formula is C18H21NO3S. The predicted molar refractivity (Wildman–Crippen MR) is 91.1 cm³/mol. The van der Waals surface area contributed by atoms with E-state index in [0.29, 0.717) is 12.0 Å². The van der Waals surface area contributed by atoms with Gasteiger partial charge in [-0.3, -0.25) is 4.79 Å². The van der Waals surface area contributed by atoms with Crippen molar-refractivity contribution in [2.45, 2.75) is 36.8 Å². The zero-order chi connectivity index (χ0) is 15.9. The Labute approximate surface area is 137 Å².